The zero-order chi connectivity index (χ0) is 11.8. The Bertz CT molecular complexity index is 657. The predicted molar refractivity (Wildman–Crippen MR) is 71.2 cm³/mol. The molecular weight excluding hydrogens is 298 g/mol. The number of fused-ring (bicyclic) bond motifs is 1. The smallest absolute Gasteiger partial charge is 0.195 e. The van der Waals surface area contributed by atoms with E-state index in [2.05, 4.69) is 42.2 Å². The highest BCUT2D eigenvalue weighted by atomic mass is 79.9. The van der Waals surface area contributed by atoms with E-state index in [9.17, 15) is 0 Å². The summed E-state index contributed by atoms with van der Waals surface area (Å²) in [6.07, 6.45) is 4.10. The molecule has 0 aliphatic rings. The van der Waals surface area contributed by atoms with Crippen LogP contribution in [0.3, 0.4) is 0 Å². The molecule has 0 saturated carbocycles. The van der Waals surface area contributed by atoms with Gasteiger partial charge in [-0.05, 0) is 22.9 Å². The van der Waals surface area contributed by atoms with Gasteiger partial charge in [-0.3, -0.25) is 4.40 Å². The van der Waals surface area contributed by atoms with Gasteiger partial charge in [-0.2, -0.15) is 4.57 Å². The van der Waals surface area contributed by atoms with E-state index in [-0.39, 0.29) is 0 Å². The van der Waals surface area contributed by atoms with Crippen molar-refractivity contribution in [3.8, 4) is 0 Å². The Hall–Kier alpha value is -1.20. The van der Waals surface area contributed by atoms with E-state index in [1.54, 1.807) is 11.3 Å². The highest BCUT2D eigenvalue weighted by Crippen LogP contribution is 2.24. The van der Waals surface area contributed by atoms with Crippen LogP contribution in [0.5, 0.6) is 0 Å². The third-order valence-corrected chi connectivity index (χ3v) is 4.41. The summed E-state index contributed by atoms with van der Waals surface area (Å²) < 4.78 is 5.32. The van der Waals surface area contributed by atoms with E-state index < -0.39 is 0 Å². The summed E-state index contributed by atoms with van der Waals surface area (Å²) in [5, 5.41) is 2.12. The molecule has 3 heterocycles. The number of thiazole rings is 1. The Morgan fingerprint density at radius 3 is 2.82 bits per heavy atom. The van der Waals surface area contributed by atoms with Crippen molar-refractivity contribution in [3.05, 3.63) is 52.0 Å². The first-order valence-electron chi connectivity index (χ1n) is 5.31. The first-order valence-corrected chi connectivity index (χ1v) is 6.98. The second kappa shape index (κ2) is 4.23. The van der Waals surface area contributed by atoms with Gasteiger partial charge in [0.2, 0.25) is 0 Å². The van der Waals surface area contributed by atoms with Gasteiger partial charge in [0.05, 0.1) is 0 Å². The predicted octanol–water partition coefficient (Wildman–Crippen LogP) is 2.80. The maximum Gasteiger partial charge on any atom is 0.195 e. The molecule has 0 aliphatic carbocycles. The Balaban J connectivity index is 2.04. The van der Waals surface area contributed by atoms with E-state index in [1.165, 1.54) is 5.69 Å². The number of rotatable bonds is 2. The number of halogens is 1. The van der Waals surface area contributed by atoms with Gasteiger partial charge in [0.15, 0.2) is 23.9 Å². The molecule has 0 radical (unpaired) electrons. The fourth-order valence-corrected chi connectivity index (χ4v) is 3.48. The SMILES string of the molecule is Cc1csc2nc(C[n+]3ccccc3)c(Br)n12. The molecule has 0 atom stereocenters. The van der Waals surface area contributed by atoms with Crippen molar-refractivity contribution in [2.45, 2.75) is 13.5 Å². The molecule has 0 aromatic carbocycles. The van der Waals surface area contributed by atoms with Gasteiger partial charge in [-0.1, -0.05) is 6.07 Å². The first-order chi connectivity index (χ1) is 8.25. The minimum atomic E-state index is 0.787. The molecule has 0 unspecified atom stereocenters. The van der Waals surface area contributed by atoms with E-state index in [0.29, 0.717) is 0 Å². The normalized spacial score (nSPS) is 11.2. The zero-order valence-corrected chi connectivity index (χ0v) is 11.7. The molecule has 5 heteroatoms. The Labute approximate surface area is 111 Å². The van der Waals surface area contributed by atoms with E-state index in [4.69, 9.17) is 0 Å². The molecule has 0 spiro atoms. The lowest BCUT2D eigenvalue weighted by molar-refractivity contribution is -0.688. The molecule has 3 nitrogen and oxygen atoms in total. The number of aryl methyl sites for hydroxylation is 1. The van der Waals surface area contributed by atoms with Crippen molar-refractivity contribution in [1.29, 1.82) is 0 Å². The van der Waals surface area contributed by atoms with E-state index in [0.717, 1.165) is 21.8 Å². The minimum absolute atomic E-state index is 0.787. The summed E-state index contributed by atoms with van der Waals surface area (Å²) in [7, 11) is 0. The Kier molecular flexibility index (Phi) is 2.72. The van der Waals surface area contributed by atoms with Crippen LogP contribution in [0, 0.1) is 6.92 Å². The first kappa shape index (κ1) is 10.9. The molecule has 0 fully saturated rings. The second-order valence-electron chi connectivity index (χ2n) is 3.89. The van der Waals surface area contributed by atoms with Crippen LogP contribution in [-0.2, 0) is 6.54 Å². The van der Waals surface area contributed by atoms with Crippen molar-refractivity contribution in [1.82, 2.24) is 9.38 Å². The van der Waals surface area contributed by atoms with Crippen LogP contribution in [-0.4, -0.2) is 9.38 Å². The lowest BCUT2D eigenvalue weighted by Crippen LogP contribution is -2.33. The van der Waals surface area contributed by atoms with Crippen molar-refractivity contribution in [3.63, 3.8) is 0 Å². The summed E-state index contributed by atoms with van der Waals surface area (Å²) in [4.78, 5) is 5.68. The molecule has 3 rings (SSSR count). The fraction of sp³-hybridized carbons (Fsp3) is 0.167. The van der Waals surface area contributed by atoms with Crippen molar-refractivity contribution in [2.24, 2.45) is 0 Å². The molecule has 0 saturated heterocycles. The van der Waals surface area contributed by atoms with Crippen LogP contribution in [0.1, 0.15) is 11.4 Å². The largest absolute Gasteiger partial charge is 0.281 e. The number of hydrogen-bond donors (Lipinski definition) is 0. The van der Waals surface area contributed by atoms with E-state index in [1.807, 2.05) is 30.6 Å². The molecule has 3 aromatic rings. The van der Waals surface area contributed by atoms with Crippen LogP contribution in [0.15, 0.2) is 40.6 Å². The van der Waals surface area contributed by atoms with Crippen LogP contribution < -0.4 is 4.57 Å². The van der Waals surface area contributed by atoms with Gasteiger partial charge in [-0.15, -0.1) is 11.3 Å². The van der Waals surface area contributed by atoms with Gasteiger partial charge in [0.1, 0.15) is 10.3 Å². The second-order valence-corrected chi connectivity index (χ2v) is 5.48. The fourth-order valence-electron chi connectivity index (χ4n) is 1.81. The number of aromatic nitrogens is 3. The standard InChI is InChI=1S/C12H11BrN3S/c1-9-8-17-12-14-10(11(13)16(9)12)7-15-5-3-2-4-6-15/h2-6,8H,7H2,1H3/q+1. The van der Waals surface area contributed by atoms with Crippen molar-refractivity contribution < 1.29 is 4.57 Å². The summed E-state index contributed by atoms with van der Waals surface area (Å²) in [6, 6.07) is 6.07. The Morgan fingerprint density at radius 1 is 1.35 bits per heavy atom. The van der Waals surface area contributed by atoms with Crippen molar-refractivity contribution in [2.75, 3.05) is 0 Å². The molecule has 17 heavy (non-hydrogen) atoms. The summed E-state index contributed by atoms with van der Waals surface area (Å²) in [5.41, 5.74) is 2.28. The third kappa shape index (κ3) is 1.89. The van der Waals surface area contributed by atoms with Crippen LogP contribution in [0.4, 0.5) is 0 Å². The number of pyridine rings is 1. The number of nitrogens with zero attached hydrogens (tertiary/aromatic N) is 3. The molecule has 0 aliphatic heterocycles. The van der Waals surface area contributed by atoms with Gasteiger partial charge in [0.25, 0.3) is 0 Å². The van der Waals surface area contributed by atoms with E-state index >= 15 is 0 Å². The summed E-state index contributed by atoms with van der Waals surface area (Å²) >= 11 is 5.31. The quantitative estimate of drug-likeness (QED) is 0.667. The molecule has 86 valence electrons. The molecule has 0 bridgehead atoms. The topological polar surface area (TPSA) is 21.2 Å². The highest BCUT2D eigenvalue weighted by molar-refractivity contribution is 9.10. The minimum Gasteiger partial charge on any atom is -0.281 e. The highest BCUT2D eigenvalue weighted by Gasteiger charge is 2.15. The lowest BCUT2D eigenvalue weighted by atomic mass is 10.4. The van der Waals surface area contributed by atoms with Gasteiger partial charge in [0, 0.05) is 23.2 Å². The summed E-state index contributed by atoms with van der Waals surface area (Å²) in [6.45, 7) is 2.88. The van der Waals surface area contributed by atoms with Crippen LogP contribution >= 0.6 is 27.3 Å². The Morgan fingerprint density at radius 2 is 2.12 bits per heavy atom. The van der Waals surface area contributed by atoms with Gasteiger partial charge < -0.3 is 0 Å². The van der Waals surface area contributed by atoms with Crippen molar-refractivity contribution >= 4 is 32.2 Å². The average molecular weight is 309 g/mol. The molecule has 0 N–H and O–H groups in total. The van der Waals surface area contributed by atoms with Gasteiger partial charge in [-0.25, -0.2) is 4.98 Å². The number of hydrogen-bond acceptors (Lipinski definition) is 2. The maximum atomic E-state index is 4.64. The maximum absolute atomic E-state index is 4.64. The van der Waals surface area contributed by atoms with Crippen LogP contribution in [0.25, 0.3) is 4.96 Å². The molecular formula is C12H11BrN3S+. The third-order valence-electron chi connectivity index (χ3n) is 2.65. The summed E-state index contributed by atoms with van der Waals surface area (Å²) in [5.74, 6) is 0. The lowest BCUT2D eigenvalue weighted by Gasteiger charge is -1.95. The van der Waals surface area contributed by atoms with Crippen LogP contribution in [0.2, 0.25) is 0 Å². The molecule has 0 amide bonds. The number of imidazole rings is 1. The van der Waals surface area contributed by atoms with Gasteiger partial charge >= 0.3 is 0 Å². The monoisotopic (exact) mass is 308 g/mol. The molecule has 3 aromatic heterocycles. The zero-order valence-electron chi connectivity index (χ0n) is 9.30. The average Bonchev–Trinajstić information content (AvgIpc) is 2.84.